The highest BCUT2D eigenvalue weighted by Gasteiger charge is 2.35. The van der Waals surface area contributed by atoms with E-state index in [1.807, 2.05) is 31.2 Å². The molecule has 1 heterocycles. The molecule has 178 valence electrons. The molecule has 35 heavy (non-hydrogen) atoms. The minimum atomic E-state index is -0.348. The number of hydrogen-bond acceptors (Lipinski definition) is 5. The molecule has 4 rings (SSSR count). The molecule has 0 unspecified atom stereocenters. The monoisotopic (exact) mass is 570 g/mol. The second-order valence-corrected chi connectivity index (χ2v) is 10.1. The van der Waals surface area contributed by atoms with Crippen LogP contribution < -0.4 is 10.1 Å². The Labute approximate surface area is 220 Å². The van der Waals surface area contributed by atoms with Gasteiger partial charge in [0, 0.05) is 10.7 Å². The van der Waals surface area contributed by atoms with Gasteiger partial charge in [0.25, 0.3) is 17.1 Å². The molecule has 9 heteroatoms. The molecule has 3 aromatic rings. The van der Waals surface area contributed by atoms with Crippen molar-refractivity contribution >= 4 is 68.1 Å². The zero-order chi connectivity index (χ0) is 24.9. The van der Waals surface area contributed by atoms with Gasteiger partial charge >= 0.3 is 0 Å². The summed E-state index contributed by atoms with van der Waals surface area (Å²) < 4.78 is 6.25. The minimum absolute atomic E-state index is 0.157. The lowest BCUT2D eigenvalue weighted by molar-refractivity contribution is -0.123. The number of anilines is 1. The van der Waals surface area contributed by atoms with Crippen molar-refractivity contribution in [1.82, 2.24) is 4.90 Å². The lowest BCUT2D eigenvalue weighted by atomic mass is 10.2. The maximum Gasteiger partial charge on any atom is 0.293 e. The van der Waals surface area contributed by atoms with Crippen LogP contribution in [0.2, 0.25) is 5.02 Å². The molecular formula is C26H20BrClN2O4S. The molecule has 0 aliphatic carbocycles. The molecule has 3 aromatic carbocycles. The number of amides is 3. The highest BCUT2D eigenvalue weighted by atomic mass is 79.9. The molecule has 3 amide bonds. The van der Waals surface area contributed by atoms with Crippen molar-refractivity contribution in [3.63, 3.8) is 0 Å². The molecule has 1 aliphatic rings. The van der Waals surface area contributed by atoms with E-state index in [-0.39, 0.29) is 30.2 Å². The van der Waals surface area contributed by atoms with Gasteiger partial charge < -0.3 is 10.1 Å². The van der Waals surface area contributed by atoms with Gasteiger partial charge in [-0.3, -0.25) is 19.3 Å². The Morgan fingerprint density at radius 2 is 1.80 bits per heavy atom. The van der Waals surface area contributed by atoms with Crippen LogP contribution in [0.4, 0.5) is 10.5 Å². The number of hydrogen-bond donors (Lipinski definition) is 1. The molecule has 0 aromatic heterocycles. The quantitative estimate of drug-likeness (QED) is 0.321. The van der Waals surface area contributed by atoms with E-state index in [9.17, 15) is 14.4 Å². The molecule has 0 radical (unpaired) electrons. The van der Waals surface area contributed by atoms with Crippen LogP contribution in [0.5, 0.6) is 5.75 Å². The number of imide groups is 1. The first-order chi connectivity index (χ1) is 16.8. The van der Waals surface area contributed by atoms with Crippen molar-refractivity contribution in [2.75, 3.05) is 11.9 Å². The van der Waals surface area contributed by atoms with E-state index in [1.54, 1.807) is 48.5 Å². The predicted molar refractivity (Wildman–Crippen MR) is 142 cm³/mol. The van der Waals surface area contributed by atoms with Crippen molar-refractivity contribution in [3.05, 3.63) is 97.8 Å². The number of benzene rings is 3. The number of halogens is 2. The second kappa shape index (κ2) is 11.1. The Bertz CT molecular complexity index is 1310. The molecule has 0 spiro atoms. The van der Waals surface area contributed by atoms with Crippen LogP contribution in [-0.4, -0.2) is 28.6 Å². The molecule has 0 atom stereocenters. The number of carbonyl (C=O) groups is 3. The maximum atomic E-state index is 12.8. The average molecular weight is 572 g/mol. The highest BCUT2D eigenvalue weighted by molar-refractivity contribution is 9.10. The molecule has 1 fully saturated rings. The lowest BCUT2D eigenvalue weighted by Crippen LogP contribution is -2.27. The number of nitrogens with one attached hydrogen (secondary N) is 1. The summed E-state index contributed by atoms with van der Waals surface area (Å²) in [4.78, 5) is 38.9. The third-order valence-corrected chi connectivity index (χ3v) is 6.85. The summed E-state index contributed by atoms with van der Waals surface area (Å²) in [6.07, 6.45) is 1.66. The van der Waals surface area contributed by atoms with Crippen molar-refractivity contribution < 1.29 is 19.1 Å². The molecule has 1 N–H and O–H groups in total. The van der Waals surface area contributed by atoms with Gasteiger partial charge in [-0.2, -0.15) is 0 Å². The number of thioether (sulfide) groups is 1. The summed E-state index contributed by atoms with van der Waals surface area (Å²) in [6.45, 7) is 2.00. The van der Waals surface area contributed by atoms with E-state index in [0.717, 1.165) is 22.9 Å². The number of ether oxygens (including phenoxy) is 1. The zero-order valence-corrected chi connectivity index (χ0v) is 21.7. The normalized spacial score (nSPS) is 14.5. The van der Waals surface area contributed by atoms with Crippen LogP contribution in [0, 0.1) is 6.92 Å². The molecule has 1 aliphatic heterocycles. The summed E-state index contributed by atoms with van der Waals surface area (Å²) in [5.74, 6) is -0.143. The lowest BCUT2D eigenvalue weighted by Gasteiger charge is -2.12. The van der Waals surface area contributed by atoms with Gasteiger partial charge in [-0.25, -0.2) is 0 Å². The van der Waals surface area contributed by atoms with E-state index >= 15 is 0 Å². The summed E-state index contributed by atoms with van der Waals surface area (Å²) in [5.41, 5.74) is 3.33. The van der Waals surface area contributed by atoms with Crippen molar-refractivity contribution in [2.45, 2.75) is 13.5 Å². The number of rotatable bonds is 7. The van der Waals surface area contributed by atoms with Gasteiger partial charge in [-0.15, -0.1) is 0 Å². The largest absolute Gasteiger partial charge is 0.483 e. The number of carbonyl (C=O) groups excluding carboxylic acids is 3. The summed E-state index contributed by atoms with van der Waals surface area (Å²) in [5, 5.41) is 3.05. The fraction of sp³-hybridized carbons (Fsp3) is 0.115. The van der Waals surface area contributed by atoms with Gasteiger partial charge in [-0.1, -0.05) is 47.5 Å². The van der Waals surface area contributed by atoms with Crippen molar-refractivity contribution in [3.8, 4) is 5.75 Å². The van der Waals surface area contributed by atoms with Gasteiger partial charge in [0.05, 0.1) is 15.9 Å². The Hall–Kier alpha value is -3.07. The predicted octanol–water partition coefficient (Wildman–Crippen LogP) is 6.66. The Balaban J connectivity index is 1.37. The van der Waals surface area contributed by atoms with E-state index < -0.39 is 0 Å². The van der Waals surface area contributed by atoms with Crippen LogP contribution in [0.3, 0.4) is 0 Å². The molecule has 0 saturated carbocycles. The average Bonchev–Trinajstić information content (AvgIpc) is 3.08. The first-order valence-corrected chi connectivity index (χ1v) is 12.6. The van der Waals surface area contributed by atoms with Gasteiger partial charge in [-0.05, 0) is 88.2 Å². The van der Waals surface area contributed by atoms with Gasteiger partial charge in [0.1, 0.15) is 5.75 Å². The highest BCUT2D eigenvalue weighted by Crippen LogP contribution is 2.35. The van der Waals surface area contributed by atoms with Gasteiger partial charge in [0.15, 0.2) is 6.61 Å². The molecular weight excluding hydrogens is 552 g/mol. The fourth-order valence-corrected chi connectivity index (χ4v) is 4.74. The fourth-order valence-electron chi connectivity index (χ4n) is 3.26. The van der Waals surface area contributed by atoms with Crippen LogP contribution in [0.25, 0.3) is 6.08 Å². The Kier molecular flexibility index (Phi) is 7.95. The SMILES string of the molecule is Cc1ccc(NC(=O)COc2ccc(/C=C3/SC(=O)N(Cc4ccc(Cl)cc4)C3=O)cc2Br)cc1. The maximum absolute atomic E-state index is 12.8. The topological polar surface area (TPSA) is 75.7 Å². The van der Waals surface area contributed by atoms with Crippen LogP contribution in [0.15, 0.2) is 76.1 Å². The van der Waals surface area contributed by atoms with Gasteiger partial charge in [0.2, 0.25) is 0 Å². The third-order valence-electron chi connectivity index (χ3n) is 5.08. The minimum Gasteiger partial charge on any atom is -0.483 e. The standard InChI is InChI=1S/C26H20BrClN2O4S/c1-16-2-9-20(10-3-16)29-24(31)15-34-22-11-6-18(12-21(22)27)13-23-25(32)30(26(33)35-23)14-17-4-7-19(28)8-5-17/h2-13H,14-15H2,1H3,(H,29,31)/b23-13+. The first kappa shape index (κ1) is 25.0. The van der Waals surface area contributed by atoms with Crippen LogP contribution in [-0.2, 0) is 16.1 Å². The van der Waals surface area contributed by atoms with E-state index in [0.29, 0.717) is 31.4 Å². The Morgan fingerprint density at radius 1 is 1.09 bits per heavy atom. The number of nitrogens with zero attached hydrogens (tertiary/aromatic N) is 1. The zero-order valence-electron chi connectivity index (χ0n) is 18.6. The molecule has 1 saturated heterocycles. The summed E-state index contributed by atoms with van der Waals surface area (Å²) in [7, 11) is 0. The van der Waals surface area contributed by atoms with Crippen molar-refractivity contribution in [2.24, 2.45) is 0 Å². The summed E-state index contributed by atoms with van der Waals surface area (Å²) in [6, 6.07) is 19.7. The van der Waals surface area contributed by atoms with E-state index in [1.165, 1.54) is 4.90 Å². The second-order valence-electron chi connectivity index (χ2n) is 7.79. The molecule has 0 bridgehead atoms. The third kappa shape index (κ3) is 6.54. The molecule has 6 nitrogen and oxygen atoms in total. The van der Waals surface area contributed by atoms with E-state index in [2.05, 4.69) is 21.2 Å². The number of aryl methyl sites for hydroxylation is 1. The van der Waals surface area contributed by atoms with Crippen LogP contribution in [0.1, 0.15) is 16.7 Å². The Morgan fingerprint density at radius 3 is 2.49 bits per heavy atom. The van der Waals surface area contributed by atoms with Crippen molar-refractivity contribution in [1.29, 1.82) is 0 Å². The van der Waals surface area contributed by atoms with Crippen LogP contribution >= 0.6 is 39.3 Å². The smallest absolute Gasteiger partial charge is 0.293 e. The van der Waals surface area contributed by atoms with E-state index in [4.69, 9.17) is 16.3 Å². The first-order valence-electron chi connectivity index (χ1n) is 10.6. The summed E-state index contributed by atoms with van der Waals surface area (Å²) >= 11 is 10.2.